The molecule has 0 spiro atoms. The Bertz CT molecular complexity index is 592. The van der Waals surface area contributed by atoms with E-state index in [1.807, 2.05) is 18.2 Å². The fourth-order valence-electron chi connectivity index (χ4n) is 3.74. The molecule has 1 unspecified atom stereocenters. The quantitative estimate of drug-likeness (QED) is 0.857. The molecule has 0 bridgehead atoms. The monoisotopic (exact) mass is 351 g/mol. The molecule has 6 heteroatoms. The van der Waals surface area contributed by atoms with Crippen molar-refractivity contribution in [2.45, 2.75) is 44.6 Å². The van der Waals surface area contributed by atoms with Gasteiger partial charge < -0.3 is 0 Å². The van der Waals surface area contributed by atoms with Crippen LogP contribution in [0.5, 0.6) is 0 Å². The van der Waals surface area contributed by atoms with Crippen LogP contribution in [0.4, 0.5) is 0 Å². The number of nitrogens with one attached hydrogen (secondary N) is 1. The Kier molecular flexibility index (Phi) is 6.27. The van der Waals surface area contributed by atoms with Gasteiger partial charge in [0.05, 0.1) is 0 Å². The lowest BCUT2D eigenvalue weighted by atomic mass is 10.1. The first kappa shape index (κ1) is 17.9. The zero-order valence-electron chi connectivity index (χ0n) is 14.4. The molecule has 134 valence electrons. The topological polar surface area (TPSA) is 52.7 Å². The van der Waals surface area contributed by atoms with Crippen LogP contribution in [0.1, 0.15) is 50.1 Å². The molecule has 1 aromatic carbocycles. The summed E-state index contributed by atoms with van der Waals surface area (Å²) < 4.78 is 29.9. The maximum absolute atomic E-state index is 12.7. The highest BCUT2D eigenvalue weighted by molar-refractivity contribution is 7.87. The van der Waals surface area contributed by atoms with Crippen molar-refractivity contribution in [1.29, 1.82) is 0 Å². The molecule has 2 heterocycles. The first-order chi connectivity index (χ1) is 11.7. The number of hydrogen-bond donors (Lipinski definition) is 1. The van der Waals surface area contributed by atoms with E-state index in [1.54, 1.807) is 4.31 Å². The van der Waals surface area contributed by atoms with Gasteiger partial charge in [0.2, 0.25) is 0 Å². The van der Waals surface area contributed by atoms with E-state index in [1.165, 1.54) is 18.4 Å². The number of likely N-dealkylation sites (tertiary alicyclic amines) is 1. The zero-order valence-corrected chi connectivity index (χ0v) is 15.2. The molecule has 0 aliphatic carbocycles. The predicted molar refractivity (Wildman–Crippen MR) is 97.0 cm³/mol. The fraction of sp³-hybridized carbons (Fsp3) is 0.667. The summed E-state index contributed by atoms with van der Waals surface area (Å²) in [6.07, 6.45) is 6.59. The number of nitrogens with zero attached hydrogens (tertiary/aromatic N) is 2. The Morgan fingerprint density at radius 1 is 0.875 bits per heavy atom. The lowest BCUT2D eigenvalue weighted by molar-refractivity contribution is 0.245. The second-order valence-corrected chi connectivity index (χ2v) is 8.59. The lowest BCUT2D eigenvalue weighted by Crippen LogP contribution is -2.44. The molecule has 2 saturated heterocycles. The fourth-order valence-corrected chi connectivity index (χ4v) is 5.03. The SMILES string of the molecule is O=S(=O)(NCC(c1ccccc1)N1CCCC1)N1CCCCCC1. The first-order valence-electron chi connectivity index (χ1n) is 9.20. The maximum Gasteiger partial charge on any atom is 0.279 e. The number of hydrogen-bond acceptors (Lipinski definition) is 3. The largest absolute Gasteiger partial charge is 0.295 e. The van der Waals surface area contributed by atoms with Gasteiger partial charge in [0.15, 0.2) is 0 Å². The van der Waals surface area contributed by atoms with Crippen LogP contribution in [0.25, 0.3) is 0 Å². The summed E-state index contributed by atoms with van der Waals surface area (Å²) in [5.74, 6) is 0. The van der Waals surface area contributed by atoms with Gasteiger partial charge in [-0.1, -0.05) is 43.2 Å². The normalized spacial score (nSPS) is 22.3. The highest BCUT2D eigenvalue weighted by Crippen LogP contribution is 2.25. The van der Waals surface area contributed by atoms with Crippen LogP contribution in [0.15, 0.2) is 30.3 Å². The second-order valence-electron chi connectivity index (χ2n) is 6.84. The van der Waals surface area contributed by atoms with Gasteiger partial charge in [-0.15, -0.1) is 0 Å². The predicted octanol–water partition coefficient (Wildman–Crippen LogP) is 2.53. The molecule has 2 aliphatic rings. The molecule has 1 atom stereocenters. The van der Waals surface area contributed by atoms with Crippen LogP contribution >= 0.6 is 0 Å². The summed E-state index contributed by atoms with van der Waals surface area (Å²) in [7, 11) is -3.38. The van der Waals surface area contributed by atoms with Crippen molar-refractivity contribution >= 4 is 10.2 Å². The van der Waals surface area contributed by atoms with E-state index in [0.717, 1.165) is 38.8 Å². The molecule has 0 radical (unpaired) electrons. The Balaban J connectivity index is 1.68. The zero-order chi connectivity index (χ0) is 16.8. The van der Waals surface area contributed by atoms with Crippen LogP contribution in [0.3, 0.4) is 0 Å². The standard InChI is InChI=1S/C18H29N3O2S/c22-24(23,21-14-6-1-2-7-15-21)19-16-18(20-12-8-9-13-20)17-10-4-3-5-11-17/h3-5,10-11,18-19H,1-2,6-9,12-16H2. The summed E-state index contributed by atoms with van der Waals surface area (Å²) >= 11 is 0. The Labute approximate surface area is 146 Å². The summed E-state index contributed by atoms with van der Waals surface area (Å²) in [5, 5.41) is 0. The summed E-state index contributed by atoms with van der Waals surface area (Å²) in [5.41, 5.74) is 1.19. The Morgan fingerprint density at radius 2 is 1.46 bits per heavy atom. The third-order valence-electron chi connectivity index (χ3n) is 5.13. The van der Waals surface area contributed by atoms with Crippen LogP contribution in [-0.4, -0.2) is 50.3 Å². The van der Waals surface area contributed by atoms with Gasteiger partial charge >= 0.3 is 0 Å². The molecule has 2 fully saturated rings. The van der Waals surface area contributed by atoms with Crippen LogP contribution in [-0.2, 0) is 10.2 Å². The minimum atomic E-state index is -3.38. The van der Waals surface area contributed by atoms with E-state index in [2.05, 4.69) is 21.8 Å². The van der Waals surface area contributed by atoms with E-state index in [4.69, 9.17) is 0 Å². The third-order valence-corrected chi connectivity index (χ3v) is 6.71. The third kappa shape index (κ3) is 4.57. The van der Waals surface area contributed by atoms with Crippen molar-refractivity contribution in [2.75, 3.05) is 32.7 Å². The Morgan fingerprint density at radius 3 is 2.08 bits per heavy atom. The van der Waals surface area contributed by atoms with E-state index < -0.39 is 10.2 Å². The van der Waals surface area contributed by atoms with E-state index in [0.29, 0.717) is 19.6 Å². The highest BCUT2D eigenvalue weighted by atomic mass is 32.2. The number of benzene rings is 1. The van der Waals surface area contributed by atoms with Crippen molar-refractivity contribution in [3.05, 3.63) is 35.9 Å². The molecule has 0 amide bonds. The summed E-state index contributed by atoms with van der Waals surface area (Å²) in [6, 6.07) is 10.4. The minimum absolute atomic E-state index is 0.121. The molecular weight excluding hydrogens is 322 g/mol. The molecule has 1 aromatic rings. The molecule has 1 N–H and O–H groups in total. The first-order valence-corrected chi connectivity index (χ1v) is 10.6. The van der Waals surface area contributed by atoms with Gasteiger partial charge in [-0.3, -0.25) is 4.90 Å². The summed E-state index contributed by atoms with van der Waals surface area (Å²) in [6.45, 7) is 3.84. The van der Waals surface area contributed by atoms with Crippen molar-refractivity contribution < 1.29 is 8.42 Å². The molecular formula is C18H29N3O2S. The number of rotatable bonds is 6. The molecule has 5 nitrogen and oxygen atoms in total. The molecule has 24 heavy (non-hydrogen) atoms. The summed E-state index contributed by atoms with van der Waals surface area (Å²) in [4.78, 5) is 2.40. The minimum Gasteiger partial charge on any atom is -0.295 e. The van der Waals surface area contributed by atoms with Gasteiger partial charge in [-0.25, -0.2) is 4.72 Å². The molecule has 0 saturated carbocycles. The Hall–Kier alpha value is -0.950. The maximum atomic E-state index is 12.7. The highest BCUT2D eigenvalue weighted by Gasteiger charge is 2.27. The van der Waals surface area contributed by atoms with Gasteiger partial charge in [-0.05, 0) is 44.3 Å². The molecule has 3 rings (SSSR count). The smallest absolute Gasteiger partial charge is 0.279 e. The van der Waals surface area contributed by atoms with Crippen molar-refractivity contribution in [3.8, 4) is 0 Å². The van der Waals surface area contributed by atoms with Crippen molar-refractivity contribution in [2.24, 2.45) is 0 Å². The van der Waals surface area contributed by atoms with Crippen LogP contribution in [0, 0.1) is 0 Å². The average molecular weight is 352 g/mol. The van der Waals surface area contributed by atoms with Crippen LogP contribution < -0.4 is 4.72 Å². The van der Waals surface area contributed by atoms with Crippen molar-refractivity contribution in [3.63, 3.8) is 0 Å². The van der Waals surface area contributed by atoms with Crippen molar-refractivity contribution in [1.82, 2.24) is 13.9 Å². The van der Waals surface area contributed by atoms with Gasteiger partial charge in [-0.2, -0.15) is 12.7 Å². The van der Waals surface area contributed by atoms with Gasteiger partial charge in [0, 0.05) is 25.7 Å². The van der Waals surface area contributed by atoms with Gasteiger partial charge in [0.25, 0.3) is 10.2 Å². The van der Waals surface area contributed by atoms with E-state index in [9.17, 15) is 8.42 Å². The second kappa shape index (κ2) is 8.43. The molecule has 2 aliphatic heterocycles. The van der Waals surface area contributed by atoms with Crippen LogP contribution in [0.2, 0.25) is 0 Å². The van der Waals surface area contributed by atoms with Gasteiger partial charge in [0.1, 0.15) is 0 Å². The van der Waals surface area contributed by atoms with E-state index in [-0.39, 0.29) is 6.04 Å². The van der Waals surface area contributed by atoms with E-state index >= 15 is 0 Å². The average Bonchev–Trinajstić information content (AvgIpc) is 2.96. The molecule has 0 aromatic heterocycles. The lowest BCUT2D eigenvalue weighted by Gasteiger charge is -2.29.